The minimum atomic E-state index is -0.750. The molecule has 164 valence electrons. The number of likely N-dealkylation sites (tertiary alicyclic amines) is 1. The van der Waals surface area contributed by atoms with Crippen molar-refractivity contribution in [2.24, 2.45) is 0 Å². The first-order valence-corrected chi connectivity index (χ1v) is 10.9. The van der Waals surface area contributed by atoms with Crippen molar-refractivity contribution < 1.29 is 14.4 Å². The van der Waals surface area contributed by atoms with Crippen molar-refractivity contribution in [2.45, 2.75) is 37.6 Å². The van der Waals surface area contributed by atoms with Gasteiger partial charge in [0.2, 0.25) is 11.8 Å². The number of benzene rings is 1. The summed E-state index contributed by atoms with van der Waals surface area (Å²) in [5.74, 6) is 0.342. The zero-order valence-corrected chi connectivity index (χ0v) is 17.5. The third-order valence-electron chi connectivity index (χ3n) is 6.18. The molecule has 2 atom stereocenters. The first-order chi connectivity index (χ1) is 15.6. The number of hydrogen-bond donors (Lipinski definition) is 2. The number of nitrogens with one attached hydrogen (secondary N) is 2. The number of piperidine rings is 1. The third kappa shape index (κ3) is 3.81. The minimum absolute atomic E-state index is 0.0210. The third-order valence-corrected chi connectivity index (χ3v) is 6.18. The molecule has 5 rings (SSSR count). The standard InChI is InChI=1S/C23H24N6O3/c30-20(11-10-18-23(32)24-17-8-2-1-7-16(17)22(31)25-18)28-12-5-6-15(14-28)21-27-26-19-9-3-4-13-29(19)21/h1-4,7-9,13,15,18H,5-6,10-12,14H2,(H,24,32)(H,25,31)/t15-,18-/m1/s1. The quantitative estimate of drug-likeness (QED) is 0.655. The lowest BCUT2D eigenvalue weighted by molar-refractivity contribution is -0.132. The number of hydrogen-bond acceptors (Lipinski definition) is 5. The number of carbonyl (C=O) groups is 3. The maximum absolute atomic E-state index is 13.0. The van der Waals surface area contributed by atoms with Crippen LogP contribution >= 0.6 is 0 Å². The van der Waals surface area contributed by atoms with E-state index in [-0.39, 0.29) is 36.5 Å². The number of anilines is 1. The molecule has 0 spiro atoms. The summed E-state index contributed by atoms with van der Waals surface area (Å²) in [6.45, 7) is 1.25. The van der Waals surface area contributed by atoms with Crippen LogP contribution in [0.1, 0.15) is 47.8 Å². The maximum Gasteiger partial charge on any atom is 0.254 e. The first-order valence-electron chi connectivity index (χ1n) is 10.9. The zero-order chi connectivity index (χ0) is 22.1. The lowest BCUT2D eigenvalue weighted by Gasteiger charge is -2.32. The van der Waals surface area contributed by atoms with Gasteiger partial charge in [0, 0.05) is 31.6 Å². The molecule has 2 aliphatic rings. The maximum atomic E-state index is 13.0. The van der Waals surface area contributed by atoms with Crippen LogP contribution in [0.3, 0.4) is 0 Å². The predicted octanol–water partition coefficient (Wildman–Crippen LogP) is 1.97. The Bertz CT molecular complexity index is 1190. The molecule has 4 heterocycles. The Morgan fingerprint density at radius 2 is 1.94 bits per heavy atom. The van der Waals surface area contributed by atoms with Crippen LogP contribution in [0.15, 0.2) is 48.7 Å². The normalized spacial score (nSPS) is 20.9. The van der Waals surface area contributed by atoms with Gasteiger partial charge in [-0.3, -0.25) is 18.8 Å². The van der Waals surface area contributed by atoms with Crippen molar-refractivity contribution in [3.63, 3.8) is 0 Å². The van der Waals surface area contributed by atoms with Gasteiger partial charge in [-0.2, -0.15) is 0 Å². The molecule has 0 radical (unpaired) electrons. The summed E-state index contributed by atoms with van der Waals surface area (Å²) in [7, 11) is 0. The van der Waals surface area contributed by atoms with Crippen molar-refractivity contribution in [3.05, 3.63) is 60.0 Å². The first kappa shape index (κ1) is 20.2. The number of amides is 3. The van der Waals surface area contributed by atoms with Gasteiger partial charge < -0.3 is 15.5 Å². The van der Waals surface area contributed by atoms with E-state index in [2.05, 4.69) is 20.8 Å². The Labute approximate surface area is 184 Å². The van der Waals surface area contributed by atoms with E-state index >= 15 is 0 Å². The summed E-state index contributed by atoms with van der Waals surface area (Å²) in [6, 6.07) is 11.9. The molecule has 1 saturated heterocycles. The second-order valence-corrected chi connectivity index (χ2v) is 8.27. The molecule has 1 fully saturated rings. The monoisotopic (exact) mass is 432 g/mol. The van der Waals surface area contributed by atoms with Crippen molar-refractivity contribution in [1.29, 1.82) is 0 Å². The Kier molecular flexibility index (Phi) is 5.30. The lowest BCUT2D eigenvalue weighted by Crippen LogP contribution is -2.43. The van der Waals surface area contributed by atoms with Crippen LogP contribution in [0.2, 0.25) is 0 Å². The van der Waals surface area contributed by atoms with E-state index in [0.29, 0.717) is 24.3 Å². The number of pyridine rings is 1. The molecule has 9 nitrogen and oxygen atoms in total. The highest BCUT2D eigenvalue weighted by Crippen LogP contribution is 2.27. The topological polar surface area (TPSA) is 109 Å². The van der Waals surface area contributed by atoms with Gasteiger partial charge in [0.25, 0.3) is 5.91 Å². The van der Waals surface area contributed by atoms with Gasteiger partial charge in [0.05, 0.1) is 11.3 Å². The van der Waals surface area contributed by atoms with Crippen LogP contribution in [-0.4, -0.2) is 56.4 Å². The Hall–Kier alpha value is -3.75. The van der Waals surface area contributed by atoms with Gasteiger partial charge in [-0.05, 0) is 43.5 Å². The molecular weight excluding hydrogens is 408 g/mol. The van der Waals surface area contributed by atoms with Gasteiger partial charge in [-0.15, -0.1) is 10.2 Å². The van der Waals surface area contributed by atoms with Crippen molar-refractivity contribution in [1.82, 2.24) is 24.8 Å². The van der Waals surface area contributed by atoms with Crippen LogP contribution in [0.4, 0.5) is 5.69 Å². The average Bonchev–Trinajstić information content (AvgIpc) is 3.21. The fraction of sp³-hybridized carbons (Fsp3) is 0.348. The van der Waals surface area contributed by atoms with E-state index in [1.54, 1.807) is 24.3 Å². The molecule has 32 heavy (non-hydrogen) atoms. The van der Waals surface area contributed by atoms with E-state index in [4.69, 9.17) is 0 Å². The molecular formula is C23H24N6O3. The number of aromatic nitrogens is 3. The van der Waals surface area contributed by atoms with Crippen molar-refractivity contribution in [2.75, 3.05) is 18.4 Å². The van der Waals surface area contributed by atoms with E-state index in [9.17, 15) is 14.4 Å². The molecule has 0 bridgehead atoms. The van der Waals surface area contributed by atoms with E-state index in [1.165, 1.54) is 0 Å². The van der Waals surface area contributed by atoms with E-state index in [1.807, 2.05) is 33.7 Å². The second kappa shape index (κ2) is 8.41. The van der Waals surface area contributed by atoms with E-state index in [0.717, 1.165) is 24.3 Å². The largest absolute Gasteiger partial charge is 0.342 e. The average molecular weight is 432 g/mol. The van der Waals surface area contributed by atoms with Crippen LogP contribution in [-0.2, 0) is 9.59 Å². The summed E-state index contributed by atoms with van der Waals surface area (Å²) >= 11 is 0. The second-order valence-electron chi connectivity index (χ2n) is 8.27. The Balaban J connectivity index is 1.22. The Morgan fingerprint density at radius 1 is 1.09 bits per heavy atom. The fourth-order valence-electron chi connectivity index (χ4n) is 4.49. The van der Waals surface area contributed by atoms with Crippen LogP contribution in [0, 0.1) is 0 Å². The van der Waals surface area contributed by atoms with Gasteiger partial charge >= 0.3 is 0 Å². The summed E-state index contributed by atoms with van der Waals surface area (Å²) in [6.07, 6.45) is 4.20. The Morgan fingerprint density at radius 3 is 2.84 bits per heavy atom. The number of fused-ring (bicyclic) bond motifs is 2. The number of rotatable bonds is 4. The molecule has 0 unspecified atom stereocenters. The summed E-state index contributed by atoms with van der Waals surface area (Å²) in [4.78, 5) is 39.8. The smallest absolute Gasteiger partial charge is 0.254 e. The van der Waals surface area contributed by atoms with Crippen molar-refractivity contribution in [3.8, 4) is 0 Å². The molecule has 3 aromatic rings. The number of para-hydroxylation sites is 1. The summed E-state index contributed by atoms with van der Waals surface area (Å²) < 4.78 is 1.97. The predicted molar refractivity (Wildman–Crippen MR) is 117 cm³/mol. The van der Waals surface area contributed by atoms with Crippen LogP contribution in [0.25, 0.3) is 5.65 Å². The molecule has 2 N–H and O–H groups in total. The van der Waals surface area contributed by atoms with Crippen molar-refractivity contribution >= 4 is 29.1 Å². The SMILES string of the molecule is O=C1N[C@H](CCC(=O)N2CCC[C@@H](c3nnc4ccccn34)C2)C(=O)Nc2ccccc21. The molecule has 9 heteroatoms. The molecule has 0 saturated carbocycles. The van der Waals surface area contributed by atoms with Gasteiger partial charge in [0.1, 0.15) is 11.9 Å². The summed E-state index contributed by atoms with van der Waals surface area (Å²) in [5, 5.41) is 14.1. The highest BCUT2D eigenvalue weighted by Gasteiger charge is 2.31. The van der Waals surface area contributed by atoms with Crippen LogP contribution < -0.4 is 10.6 Å². The minimum Gasteiger partial charge on any atom is -0.342 e. The van der Waals surface area contributed by atoms with Gasteiger partial charge in [0.15, 0.2) is 5.65 Å². The molecule has 2 aromatic heterocycles. The molecule has 0 aliphatic carbocycles. The fourth-order valence-corrected chi connectivity index (χ4v) is 4.49. The molecule has 1 aromatic carbocycles. The molecule has 3 amide bonds. The number of nitrogens with zero attached hydrogens (tertiary/aromatic N) is 4. The zero-order valence-electron chi connectivity index (χ0n) is 17.5. The lowest BCUT2D eigenvalue weighted by atomic mass is 9.96. The van der Waals surface area contributed by atoms with Gasteiger partial charge in [-0.1, -0.05) is 18.2 Å². The highest BCUT2D eigenvalue weighted by molar-refractivity contribution is 6.09. The summed E-state index contributed by atoms with van der Waals surface area (Å²) in [5.41, 5.74) is 1.71. The van der Waals surface area contributed by atoms with Crippen LogP contribution in [0.5, 0.6) is 0 Å². The number of carbonyl (C=O) groups excluding carboxylic acids is 3. The van der Waals surface area contributed by atoms with E-state index < -0.39 is 6.04 Å². The van der Waals surface area contributed by atoms with Gasteiger partial charge in [-0.25, -0.2) is 0 Å². The molecule has 2 aliphatic heterocycles. The highest BCUT2D eigenvalue weighted by atomic mass is 16.2.